The Morgan fingerprint density at radius 3 is 1.47 bits per heavy atom. The van der Waals surface area contributed by atoms with Crippen molar-refractivity contribution >= 4 is 63.1 Å². The van der Waals surface area contributed by atoms with Gasteiger partial charge in [-0.2, -0.15) is 0 Å². The smallest absolute Gasteiger partial charge is 0.323 e. The van der Waals surface area contributed by atoms with Crippen molar-refractivity contribution in [3.8, 4) is 11.5 Å². The number of halogens is 2. The molecule has 0 aliphatic heterocycles. The van der Waals surface area contributed by atoms with Gasteiger partial charge < -0.3 is 14.6 Å². The van der Waals surface area contributed by atoms with Gasteiger partial charge in [-0.1, -0.05) is 69.4 Å². The molecule has 0 aliphatic rings. The first kappa shape index (κ1) is 24.6. The third-order valence-electron chi connectivity index (χ3n) is 4.30. The molecule has 0 aliphatic carbocycles. The Kier molecular flexibility index (Phi) is 9.53. The summed E-state index contributed by atoms with van der Waals surface area (Å²) in [5.74, 6) is -0.793. The van der Waals surface area contributed by atoms with Crippen LogP contribution in [0.25, 0.3) is 0 Å². The SMILES string of the molecule is CC(I)C(=O)Oc1ccc(C(CCC(=O)O)c2ccc(OC(=O)C(C)I)cc2)cc1. The third-order valence-corrected chi connectivity index (χ3v) is 5.32. The highest BCUT2D eigenvalue weighted by Crippen LogP contribution is 2.32. The van der Waals surface area contributed by atoms with E-state index in [-0.39, 0.29) is 32.1 Å². The molecule has 0 radical (unpaired) electrons. The van der Waals surface area contributed by atoms with E-state index in [1.54, 1.807) is 38.1 Å². The van der Waals surface area contributed by atoms with Gasteiger partial charge in [0.1, 0.15) is 19.3 Å². The van der Waals surface area contributed by atoms with Crippen molar-refractivity contribution in [2.45, 2.75) is 40.5 Å². The summed E-state index contributed by atoms with van der Waals surface area (Å²) in [6.07, 6.45) is 0.417. The van der Waals surface area contributed by atoms with Crippen molar-refractivity contribution in [2.24, 2.45) is 0 Å². The molecule has 0 bridgehead atoms. The molecule has 30 heavy (non-hydrogen) atoms. The number of aliphatic carboxylic acids is 1. The molecule has 0 aromatic heterocycles. The molecular weight excluding hydrogens is 614 g/mol. The van der Waals surface area contributed by atoms with Crippen molar-refractivity contribution in [3.63, 3.8) is 0 Å². The van der Waals surface area contributed by atoms with Gasteiger partial charge in [-0.15, -0.1) is 0 Å². The summed E-state index contributed by atoms with van der Waals surface area (Å²) >= 11 is 3.98. The first-order chi connectivity index (χ1) is 14.2. The number of carboxylic acid groups (broad SMARTS) is 1. The molecule has 2 unspecified atom stereocenters. The fraction of sp³-hybridized carbons (Fsp3) is 0.318. The lowest BCUT2D eigenvalue weighted by atomic mass is 9.87. The van der Waals surface area contributed by atoms with Crippen LogP contribution in [0.2, 0.25) is 0 Å². The Morgan fingerprint density at radius 2 is 1.17 bits per heavy atom. The van der Waals surface area contributed by atoms with Crippen LogP contribution < -0.4 is 9.47 Å². The van der Waals surface area contributed by atoms with Gasteiger partial charge in [-0.3, -0.25) is 14.4 Å². The molecule has 0 saturated heterocycles. The normalized spacial score (nSPS) is 13.7. The zero-order chi connectivity index (χ0) is 22.3. The van der Waals surface area contributed by atoms with Crippen LogP contribution in [0.1, 0.15) is 43.7 Å². The quantitative estimate of drug-likeness (QED) is 0.178. The lowest BCUT2D eigenvalue weighted by Gasteiger charge is -2.18. The van der Waals surface area contributed by atoms with Crippen molar-refractivity contribution < 1.29 is 29.0 Å². The monoisotopic (exact) mass is 636 g/mol. The van der Waals surface area contributed by atoms with Crippen molar-refractivity contribution in [2.75, 3.05) is 0 Å². The molecule has 160 valence electrons. The van der Waals surface area contributed by atoms with Gasteiger partial charge >= 0.3 is 17.9 Å². The van der Waals surface area contributed by atoms with Gasteiger partial charge in [0, 0.05) is 12.3 Å². The topological polar surface area (TPSA) is 89.9 Å². The number of hydrogen-bond donors (Lipinski definition) is 1. The van der Waals surface area contributed by atoms with Crippen LogP contribution in [-0.2, 0) is 14.4 Å². The molecule has 0 fully saturated rings. The number of ether oxygens (including phenoxy) is 2. The fourth-order valence-corrected chi connectivity index (χ4v) is 2.98. The molecule has 2 aromatic rings. The summed E-state index contributed by atoms with van der Waals surface area (Å²) < 4.78 is 10.1. The minimum Gasteiger partial charge on any atom is -0.481 e. The fourth-order valence-electron chi connectivity index (χ4n) is 2.72. The van der Waals surface area contributed by atoms with E-state index in [2.05, 4.69) is 0 Å². The lowest BCUT2D eigenvalue weighted by Crippen LogP contribution is -2.17. The predicted molar refractivity (Wildman–Crippen MR) is 130 cm³/mol. The van der Waals surface area contributed by atoms with Gasteiger partial charge in [0.25, 0.3) is 0 Å². The molecule has 1 N–H and O–H groups in total. The molecule has 8 heteroatoms. The van der Waals surface area contributed by atoms with Crippen LogP contribution in [0.3, 0.4) is 0 Å². The highest BCUT2D eigenvalue weighted by Gasteiger charge is 2.18. The van der Waals surface area contributed by atoms with Crippen LogP contribution >= 0.6 is 45.2 Å². The molecule has 2 rings (SSSR count). The van der Waals surface area contributed by atoms with Crippen molar-refractivity contribution in [1.82, 2.24) is 0 Å². The largest absolute Gasteiger partial charge is 0.481 e. The number of rotatable bonds is 9. The molecule has 6 nitrogen and oxygen atoms in total. The van der Waals surface area contributed by atoms with E-state index in [9.17, 15) is 14.4 Å². The second-order valence-electron chi connectivity index (χ2n) is 6.70. The number of alkyl halides is 2. The van der Waals surface area contributed by atoms with Crippen LogP contribution in [-0.4, -0.2) is 30.9 Å². The van der Waals surface area contributed by atoms with E-state index in [1.165, 1.54) is 0 Å². The zero-order valence-electron chi connectivity index (χ0n) is 16.5. The van der Waals surface area contributed by atoms with E-state index in [0.717, 1.165) is 11.1 Å². The minimum absolute atomic E-state index is 0.0108. The number of carboxylic acids is 1. The highest BCUT2D eigenvalue weighted by molar-refractivity contribution is 14.1. The average Bonchev–Trinajstić information content (AvgIpc) is 2.70. The van der Waals surface area contributed by atoms with Crippen molar-refractivity contribution in [1.29, 1.82) is 0 Å². The molecule has 0 saturated carbocycles. The highest BCUT2D eigenvalue weighted by atomic mass is 127. The van der Waals surface area contributed by atoms with Gasteiger partial charge in [-0.05, 0) is 55.7 Å². The van der Waals surface area contributed by atoms with E-state index in [0.29, 0.717) is 17.9 Å². The van der Waals surface area contributed by atoms with Gasteiger partial charge in [0.2, 0.25) is 0 Å². The standard InChI is InChI=1S/C22H22I2O6/c1-13(23)21(27)29-17-7-3-15(4-8-17)19(11-12-20(25)26)16-5-9-18(10-6-16)30-22(28)14(2)24/h3-10,13-14,19H,11-12H2,1-2H3,(H,25,26). The maximum absolute atomic E-state index is 11.7. The van der Waals surface area contributed by atoms with E-state index in [4.69, 9.17) is 14.6 Å². The zero-order valence-corrected chi connectivity index (χ0v) is 20.8. The average molecular weight is 636 g/mol. The molecule has 2 aromatic carbocycles. The molecule has 0 spiro atoms. The van der Waals surface area contributed by atoms with Crippen molar-refractivity contribution in [3.05, 3.63) is 59.7 Å². The molecule has 0 heterocycles. The van der Waals surface area contributed by atoms with E-state index < -0.39 is 5.97 Å². The Hall–Kier alpha value is -1.69. The number of benzene rings is 2. The first-order valence-corrected chi connectivity index (χ1v) is 11.8. The molecule has 2 atom stereocenters. The summed E-state index contributed by atoms with van der Waals surface area (Å²) in [5, 5.41) is 9.13. The number of esters is 2. The number of hydrogen-bond acceptors (Lipinski definition) is 5. The van der Waals surface area contributed by atoms with Crippen LogP contribution in [0.5, 0.6) is 11.5 Å². The van der Waals surface area contributed by atoms with Crippen LogP contribution in [0.15, 0.2) is 48.5 Å². The van der Waals surface area contributed by atoms with Gasteiger partial charge in [0.05, 0.1) is 0 Å². The molecule has 0 amide bonds. The third kappa shape index (κ3) is 7.53. The Labute approximate surface area is 202 Å². The number of carbonyl (C=O) groups is 3. The van der Waals surface area contributed by atoms with Gasteiger partial charge in [-0.25, -0.2) is 0 Å². The second kappa shape index (κ2) is 11.6. The first-order valence-electron chi connectivity index (χ1n) is 9.30. The van der Waals surface area contributed by atoms with E-state index in [1.807, 2.05) is 69.4 Å². The Morgan fingerprint density at radius 1 is 0.800 bits per heavy atom. The summed E-state index contributed by atoms with van der Waals surface area (Å²) in [6, 6.07) is 14.2. The maximum atomic E-state index is 11.7. The lowest BCUT2D eigenvalue weighted by molar-refractivity contribution is -0.137. The van der Waals surface area contributed by atoms with Gasteiger partial charge in [0.15, 0.2) is 0 Å². The summed E-state index contributed by atoms with van der Waals surface area (Å²) in [5.41, 5.74) is 1.81. The second-order valence-corrected chi connectivity index (χ2v) is 10.4. The maximum Gasteiger partial charge on any atom is 0.323 e. The van der Waals surface area contributed by atoms with E-state index >= 15 is 0 Å². The Balaban J connectivity index is 2.22. The Bertz CT molecular complexity index is 810. The van der Waals surface area contributed by atoms with Crippen LogP contribution in [0.4, 0.5) is 0 Å². The predicted octanol–water partition coefficient (Wildman–Crippen LogP) is 5.14. The minimum atomic E-state index is -0.872. The molecular formula is C22H22I2O6. The summed E-state index contributed by atoms with van der Waals surface area (Å²) in [4.78, 5) is 34.6. The summed E-state index contributed by atoms with van der Waals surface area (Å²) in [7, 11) is 0. The summed E-state index contributed by atoms with van der Waals surface area (Å²) in [6.45, 7) is 3.50. The van der Waals surface area contributed by atoms with Crippen LogP contribution in [0, 0.1) is 0 Å². The number of carbonyl (C=O) groups excluding carboxylic acids is 2.